The number of amides is 1. The summed E-state index contributed by atoms with van der Waals surface area (Å²) in [6.07, 6.45) is 1.69. The van der Waals surface area contributed by atoms with E-state index in [4.69, 9.17) is 9.47 Å². The first-order valence-corrected chi connectivity index (χ1v) is 9.70. The number of rotatable bonds is 7. The smallest absolute Gasteiger partial charge is 0.253 e. The second kappa shape index (κ2) is 9.09. The molecule has 3 aromatic carbocycles. The molecule has 0 fully saturated rings. The Morgan fingerprint density at radius 3 is 2.57 bits per heavy atom. The molecule has 150 valence electrons. The molecule has 0 aliphatic carbocycles. The number of para-hydroxylation sites is 1. The van der Waals surface area contributed by atoms with E-state index in [-0.39, 0.29) is 5.91 Å². The molecule has 1 heterocycles. The minimum absolute atomic E-state index is 0.164. The summed E-state index contributed by atoms with van der Waals surface area (Å²) < 4.78 is 11.4. The zero-order valence-corrected chi connectivity index (χ0v) is 16.7. The Hall–Kier alpha value is -3.86. The molecule has 0 spiro atoms. The van der Waals surface area contributed by atoms with Gasteiger partial charge in [0.25, 0.3) is 5.91 Å². The lowest BCUT2D eigenvalue weighted by Gasteiger charge is -2.13. The maximum Gasteiger partial charge on any atom is 0.253 e. The Morgan fingerprint density at radius 2 is 1.73 bits per heavy atom. The summed E-state index contributed by atoms with van der Waals surface area (Å²) in [5.74, 6) is 1.13. The largest absolute Gasteiger partial charge is 0.493 e. The molecule has 0 bridgehead atoms. The molecule has 1 amide bonds. The van der Waals surface area contributed by atoms with Crippen molar-refractivity contribution in [2.45, 2.75) is 13.2 Å². The van der Waals surface area contributed by atoms with Crippen molar-refractivity contribution in [3.63, 3.8) is 0 Å². The number of hydrogen-bond acceptors (Lipinski definition) is 4. The summed E-state index contributed by atoms with van der Waals surface area (Å²) in [7, 11) is 1.61. The zero-order valence-electron chi connectivity index (χ0n) is 16.7. The SMILES string of the molecule is COc1cc(CNC(=O)c2cccc3cccnc23)ccc1OCc1ccccc1. The standard InChI is InChI=1S/C25H22N2O3/c1-29-23-15-19(12-13-22(23)30-17-18-7-3-2-4-8-18)16-27-25(28)21-11-5-9-20-10-6-14-26-24(20)21/h2-15H,16-17H2,1H3,(H,27,28). The minimum atomic E-state index is -0.164. The van der Waals surface area contributed by atoms with Crippen molar-refractivity contribution in [1.29, 1.82) is 0 Å². The van der Waals surface area contributed by atoms with Gasteiger partial charge in [-0.3, -0.25) is 9.78 Å². The van der Waals surface area contributed by atoms with Crippen molar-refractivity contribution in [2.75, 3.05) is 7.11 Å². The van der Waals surface area contributed by atoms with Gasteiger partial charge in [-0.25, -0.2) is 0 Å². The molecule has 0 atom stereocenters. The Kier molecular flexibility index (Phi) is 5.90. The van der Waals surface area contributed by atoms with Crippen LogP contribution in [-0.2, 0) is 13.2 Å². The molecule has 0 saturated heterocycles. The quantitative estimate of drug-likeness (QED) is 0.488. The number of nitrogens with one attached hydrogen (secondary N) is 1. The van der Waals surface area contributed by atoms with Gasteiger partial charge in [0.1, 0.15) is 6.61 Å². The van der Waals surface area contributed by atoms with Crippen LogP contribution in [0, 0.1) is 0 Å². The van der Waals surface area contributed by atoms with E-state index in [1.165, 1.54) is 0 Å². The lowest BCUT2D eigenvalue weighted by molar-refractivity contribution is 0.0952. The molecule has 1 N–H and O–H groups in total. The van der Waals surface area contributed by atoms with E-state index in [0.717, 1.165) is 16.5 Å². The van der Waals surface area contributed by atoms with Gasteiger partial charge in [0.05, 0.1) is 18.2 Å². The van der Waals surface area contributed by atoms with Crippen molar-refractivity contribution in [1.82, 2.24) is 10.3 Å². The number of hydrogen-bond donors (Lipinski definition) is 1. The van der Waals surface area contributed by atoms with Gasteiger partial charge in [-0.05, 0) is 35.4 Å². The van der Waals surface area contributed by atoms with E-state index < -0.39 is 0 Å². The van der Waals surface area contributed by atoms with Crippen molar-refractivity contribution < 1.29 is 14.3 Å². The average molecular weight is 398 g/mol. The topological polar surface area (TPSA) is 60.5 Å². The Labute approximate surface area is 175 Å². The first-order chi connectivity index (χ1) is 14.7. The monoisotopic (exact) mass is 398 g/mol. The third-order valence-corrected chi connectivity index (χ3v) is 4.80. The third-order valence-electron chi connectivity index (χ3n) is 4.80. The van der Waals surface area contributed by atoms with Crippen LogP contribution in [0.3, 0.4) is 0 Å². The summed E-state index contributed by atoms with van der Waals surface area (Å²) in [6.45, 7) is 0.832. The van der Waals surface area contributed by atoms with Gasteiger partial charge in [-0.15, -0.1) is 0 Å². The van der Waals surface area contributed by atoms with Crippen molar-refractivity contribution in [3.8, 4) is 11.5 Å². The normalized spacial score (nSPS) is 10.6. The molecular weight excluding hydrogens is 376 g/mol. The highest BCUT2D eigenvalue weighted by molar-refractivity contribution is 6.05. The van der Waals surface area contributed by atoms with Crippen LogP contribution in [0.5, 0.6) is 11.5 Å². The van der Waals surface area contributed by atoms with Crippen LogP contribution >= 0.6 is 0 Å². The second-order valence-corrected chi connectivity index (χ2v) is 6.82. The number of methoxy groups -OCH3 is 1. The molecule has 30 heavy (non-hydrogen) atoms. The Morgan fingerprint density at radius 1 is 0.900 bits per heavy atom. The van der Waals surface area contributed by atoms with Crippen LogP contribution < -0.4 is 14.8 Å². The first kappa shape index (κ1) is 19.5. The minimum Gasteiger partial charge on any atom is -0.493 e. The van der Waals surface area contributed by atoms with Crippen LogP contribution in [0.15, 0.2) is 85.1 Å². The van der Waals surface area contributed by atoms with E-state index in [1.807, 2.05) is 72.8 Å². The van der Waals surface area contributed by atoms with Gasteiger partial charge in [0, 0.05) is 18.1 Å². The number of ether oxygens (including phenoxy) is 2. The fraction of sp³-hybridized carbons (Fsp3) is 0.120. The summed E-state index contributed by atoms with van der Waals surface area (Å²) >= 11 is 0. The van der Waals surface area contributed by atoms with Gasteiger partial charge in [-0.1, -0.05) is 54.6 Å². The van der Waals surface area contributed by atoms with Gasteiger partial charge < -0.3 is 14.8 Å². The number of carbonyl (C=O) groups excluding carboxylic acids is 1. The number of fused-ring (bicyclic) bond motifs is 1. The first-order valence-electron chi connectivity index (χ1n) is 9.70. The molecule has 0 aliphatic heterocycles. The Balaban J connectivity index is 1.43. The predicted octanol–water partition coefficient (Wildman–Crippen LogP) is 4.75. The fourth-order valence-corrected chi connectivity index (χ4v) is 3.24. The summed E-state index contributed by atoms with van der Waals surface area (Å²) in [5.41, 5.74) is 3.25. The molecule has 0 saturated carbocycles. The van der Waals surface area contributed by atoms with Gasteiger partial charge >= 0.3 is 0 Å². The summed E-state index contributed by atoms with van der Waals surface area (Å²) in [4.78, 5) is 17.0. The van der Waals surface area contributed by atoms with Gasteiger partial charge in [0.15, 0.2) is 11.5 Å². The number of nitrogens with zero attached hydrogens (tertiary/aromatic N) is 1. The van der Waals surface area contributed by atoms with E-state index in [1.54, 1.807) is 19.4 Å². The highest BCUT2D eigenvalue weighted by atomic mass is 16.5. The van der Waals surface area contributed by atoms with Crippen molar-refractivity contribution in [2.24, 2.45) is 0 Å². The van der Waals surface area contributed by atoms with Crippen LogP contribution in [0.4, 0.5) is 0 Å². The molecule has 0 aliphatic rings. The molecule has 4 rings (SSSR count). The van der Waals surface area contributed by atoms with E-state index in [0.29, 0.717) is 35.7 Å². The second-order valence-electron chi connectivity index (χ2n) is 6.82. The molecule has 5 heteroatoms. The number of carbonyl (C=O) groups is 1. The Bertz CT molecular complexity index is 1150. The molecule has 1 aromatic heterocycles. The van der Waals surface area contributed by atoms with E-state index in [9.17, 15) is 4.79 Å². The van der Waals surface area contributed by atoms with Crippen LogP contribution in [-0.4, -0.2) is 18.0 Å². The fourth-order valence-electron chi connectivity index (χ4n) is 3.24. The van der Waals surface area contributed by atoms with Crippen LogP contribution in [0.25, 0.3) is 10.9 Å². The molecule has 0 unspecified atom stereocenters. The third kappa shape index (κ3) is 4.41. The van der Waals surface area contributed by atoms with E-state index in [2.05, 4.69) is 10.3 Å². The highest BCUT2D eigenvalue weighted by Crippen LogP contribution is 2.29. The maximum absolute atomic E-state index is 12.7. The van der Waals surface area contributed by atoms with Gasteiger partial charge in [-0.2, -0.15) is 0 Å². The molecule has 0 radical (unpaired) electrons. The van der Waals surface area contributed by atoms with Gasteiger partial charge in [0.2, 0.25) is 0 Å². The average Bonchev–Trinajstić information content (AvgIpc) is 2.81. The lowest BCUT2D eigenvalue weighted by atomic mass is 10.1. The number of pyridine rings is 1. The molecule has 5 nitrogen and oxygen atoms in total. The van der Waals surface area contributed by atoms with Crippen molar-refractivity contribution in [3.05, 3.63) is 102 Å². The lowest BCUT2D eigenvalue weighted by Crippen LogP contribution is -2.23. The molecular formula is C25H22N2O3. The molecule has 4 aromatic rings. The summed E-state index contributed by atoms with van der Waals surface area (Å²) in [6, 6.07) is 25.0. The maximum atomic E-state index is 12.7. The summed E-state index contributed by atoms with van der Waals surface area (Å²) in [5, 5.41) is 3.90. The highest BCUT2D eigenvalue weighted by Gasteiger charge is 2.12. The van der Waals surface area contributed by atoms with Crippen molar-refractivity contribution >= 4 is 16.8 Å². The van der Waals surface area contributed by atoms with E-state index >= 15 is 0 Å². The number of benzene rings is 3. The number of aromatic nitrogens is 1. The predicted molar refractivity (Wildman–Crippen MR) is 117 cm³/mol. The van der Waals surface area contributed by atoms with Crippen LogP contribution in [0.2, 0.25) is 0 Å². The van der Waals surface area contributed by atoms with Crippen LogP contribution in [0.1, 0.15) is 21.5 Å². The zero-order chi connectivity index (χ0) is 20.8.